The first-order chi connectivity index (χ1) is 14.2. The van der Waals surface area contributed by atoms with Gasteiger partial charge >= 0.3 is 0 Å². The van der Waals surface area contributed by atoms with Gasteiger partial charge in [-0.2, -0.15) is 0 Å². The van der Waals surface area contributed by atoms with E-state index in [1.807, 2.05) is 31.3 Å². The molecule has 0 unspecified atom stereocenters. The summed E-state index contributed by atoms with van der Waals surface area (Å²) in [5.74, 6) is 1.17. The van der Waals surface area contributed by atoms with Gasteiger partial charge in [-0.25, -0.2) is 0 Å². The number of carbonyl (C=O) groups excluding carboxylic acids is 1. The van der Waals surface area contributed by atoms with Crippen molar-refractivity contribution >= 4 is 22.4 Å². The third-order valence-corrected chi connectivity index (χ3v) is 5.87. The van der Waals surface area contributed by atoms with Crippen LogP contribution in [0.5, 0.6) is 5.75 Å². The number of fused-ring (bicyclic) bond motifs is 1. The highest BCUT2D eigenvalue weighted by Gasteiger charge is 2.25. The lowest BCUT2D eigenvalue weighted by Gasteiger charge is -2.34. The van der Waals surface area contributed by atoms with Crippen LogP contribution < -0.4 is 14.5 Å². The molecule has 0 spiro atoms. The van der Waals surface area contributed by atoms with Gasteiger partial charge in [0.15, 0.2) is 0 Å². The molecule has 0 amide bonds. The van der Waals surface area contributed by atoms with E-state index in [1.54, 1.807) is 0 Å². The second-order valence-corrected chi connectivity index (χ2v) is 7.63. The van der Waals surface area contributed by atoms with E-state index in [4.69, 9.17) is 4.74 Å². The Morgan fingerprint density at radius 2 is 1.90 bits per heavy atom. The van der Waals surface area contributed by atoms with Crippen LogP contribution in [0.2, 0.25) is 0 Å². The van der Waals surface area contributed by atoms with Crippen molar-refractivity contribution in [1.82, 2.24) is 4.98 Å². The number of ether oxygens (including phenoxy) is 1. The molecule has 0 atom stereocenters. The number of aromatic nitrogens is 1. The van der Waals surface area contributed by atoms with Crippen molar-refractivity contribution in [3.63, 3.8) is 0 Å². The lowest BCUT2D eigenvalue weighted by molar-refractivity contribution is -0.892. The van der Waals surface area contributed by atoms with Crippen LogP contribution in [0, 0.1) is 0 Å². The van der Waals surface area contributed by atoms with Crippen LogP contribution >= 0.6 is 0 Å². The maximum atomic E-state index is 13.0. The number of H-pyrrole nitrogens is 1. The second-order valence-electron chi connectivity index (χ2n) is 7.63. The number of nitrogens with one attached hydrogen (secondary N) is 2. The highest BCUT2D eigenvalue weighted by atomic mass is 16.5. The predicted molar refractivity (Wildman–Crippen MR) is 117 cm³/mol. The highest BCUT2D eigenvalue weighted by Crippen LogP contribution is 2.28. The third kappa shape index (κ3) is 4.01. The number of hydrogen-bond acceptors (Lipinski definition) is 3. The van der Waals surface area contributed by atoms with E-state index >= 15 is 0 Å². The minimum atomic E-state index is 0.225. The first kappa shape index (κ1) is 19.5. The molecule has 5 heteroatoms. The number of carbonyl (C=O) groups is 1. The van der Waals surface area contributed by atoms with Crippen molar-refractivity contribution in [3.05, 3.63) is 59.8 Å². The monoisotopic (exact) mass is 392 g/mol. The van der Waals surface area contributed by atoms with Crippen LogP contribution in [-0.2, 0) is 6.42 Å². The summed E-state index contributed by atoms with van der Waals surface area (Å²) in [4.78, 5) is 20.0. The molecule has 0 aliphatic carbocycles. The summed E-state index contributed by atoms with van der Waals surface area (Å²) in [6, 6.07) is 14.4. The van der Waals surface area contributed by atoms with E-state index in [0.29, 0.717) is 13.2 Å². The maximum absolute atomic E-state index is 13.0. The van der Waals surface area contributed by atoms with Crippen molar-refractivity contribution < 1.29 is 14.4 Å². The Bertz CT molecular complexity index is 987. The summed E-state index contributed by atoms with van der Waals surface area (Å²) in [5, 5.41) is 1.05. The zero-order chi connectivity index (χ0) is 20.2. The average molecular weight is 393 g/mol. The Kier molecular flexibility index (Phi) is 5.86. The largest absolute Gasteiger partial charge is 0.492 e. The second kappa shape index (κ2) is 8.70. The van der Waals surface area contributed by atoms with E-state index in [0.717, 1.165) is 60.5 Å². The molecule has 4 rings (SSSR count). The standard InChI is InChI=1S/C24H29N3O2/c1-3-18-8-7-9-19-20(16-25-24(18)19)22(28)17-26-12-14-27(15-13-26)21-10-5-6-11-23(21)29-4-2/h5-11,16,25H,3-4,12-15,17H2,1-2H3/p+1. The van der Waals surface area contributed by atoms with Crippen molar-refractivity contribution in [3.8, 4) is 5.75 Å². The smallest absolute Gasteiger partial charge is 0.219 e. The molecule has 2 aromatic carbocycles. The maximum Gasteiger partial charge on any atom is 0.219 e. The first-order valence-electron chi connectivity index (χ1n) is 10.6. The summed E-state index contributed by atoms with van der Waals surface area (Å²) >= 11 is 0. The summed E-state index contributed by atoms with van der Waals surface area (Å²) in [6.07, 6.45) is 2.85. The Labute approximate surface area is 172 Å². The first-order valence-corrected chi connectivity index (χ1v) is 10.6. The van der Waals surface area contributed by atoms with Crippen LogP contribution in [0.1, 0.15) is 29.8 Å². The third-order valence-electron chi connectivity index (χ3n) is 5.87. The molecule has 5 nitrogen and oxygen atoms in total. The predicted octanol–water partition coefficient (Wildman–Crippen LogP) is 2.72. The van der Waals surface area contributed by atoms with Gasteiger partial charge in [-0.15, -0.1) is 0 Å². The summed E-state index contributed by atoms with van der Waals surface area (Å²) in [7, 11) is 0. The molecule has 1 aromatic heterocycles. The number of piperazine rings is 1. The van der Waals surface area contributed by atoms with Gasteiger partial charge in [0.05, 0.1) is 38.5 Å². The van der Waals surface area contributed by atoms with Gasteiger partial charge in [-0.1, -0.05) is 37.3 Å². The Morgan fingerprint density at radius 1 is 1.10 bits per heavy atom. The van der Waals surface area contributed by atoms with E-state index in [9.17, 15) is 4.79 Å². The summed E-state index contributed by atoms with van der Waals surface area (Å²) in [6.45, 7) is 9.14. The molecule has 152 valence electrons. The molecule has 0 saturated carbocycles. The van der Waals surface area contributed by atoms with Crippen LogP contribution in [0.15, 0.2) is 48.7 Å². The van der Waals surface area contributed by atoms with Gasteiger partial charge < -0.3 is 19.5 Å². The molecule has 1 aliphatic rings. The number of ketones is 1. The van der Waals surface area contributed by atoms with Crippen molar-refractivity contribution in [2.75, 3.05) is 44.2 Å². The van der Waals surface area contributed by atoms with E-state index in [2.05, 4.69) is 41.1 Å². The van der Waals surface area contributed by atoms with E-state index < -0.39 is 0 Å². The number of nitrogens with zero attached hydrogens (tertiary/aromatic N) is 1. The molecule has 3 aromatic rings. The molecule has 1 aliphatic heterocycles. The van der Waals surface area contributed by atoms with Crippen LogP contribution in [0.4, 0.5) is 5.69 Å². The minimum absolute atomic E-state index is 0.225. The molecule has 2 heterocycles. The van der Waals surface area contributed by atoms with Gasteiger partial charge in [0.1, 0.15) is 12.3 Å². The number of Topliss-reactive ketones (excluding diaryl/α,β-unsaturated/α-hetero) is 1. The van der Waals surface area contributed by atoms with E-state index in [-0.39, 0.29) is 5.78 Å². The highest BCUT2D eigenvalue weighted by molar-refractivity contribution is 6.08. The van der Waals surface area contributed by atoms with E-state index in [1.165, 1.54) is 10.5 Å². The average Bonchev–Trinajstić information content (AvgIpc) is 3.19. The van der Waals surface area contributed by atoms with Crippen molar-refractivity contribution in [2.24, 2.45) is 0 Å². The van der Waals surface area contributed by atoms with Gasteiger partial charge in [0.25, 0.3) is 0 Å². The molecular weight excluding hydrogens is 362 g/mol. The fourth-order valence-electron chi connectivity index (χ4n) is 4.30. The fraction of sp³-hybridized carbons (Fsp3) is 0.375. The number of rotatable bonds is 7. The van der Waals surface area contributed by atoms with Gasteiger partial charge in [-0.3, -0.25) is 4.79 Å². The van der Waals surface area contributed by atoms with Crippen LogP contribution in [-0.4, -0.2) is 50.1 Å². The summed E-state index contributed by atoms with van der Waals surface area (Å²) < 4.78 is 5.78. The normalized spacial score (nSPS) is 15.0. The number of para-hydroxylation sites is 3. The lowest BCUT2D eigenvalue weighted by Crippen LogP contribution is -3.15. The molecule has 29 heavy (non-hydrogen) atoms. The Hall–Kier alpha value is -2.79. The number of quaternary nitrogens is 1. The lowest BCUT2D eigenvalue weighted by atomic mass is 10.0. The number of anilines is 1. The van der Waals surface area contributed by atoms with Gasteiger partial charge in [0, 0.05) is 22.7 Å². The van der Waals surface area contributed by atoms with Gasteiger partial charge in [-0.05, 0) is 31.0 Å². The fourth-order valence-corrected chi connectivity index (χ4v) is 4.30. The van der Waals surface area contributed by atoms with Gasteiger partial charge in [0.2, 0.25) is 5.78 Å². The number of aryl methyl sites for hydroxylation is 1. The molecule has 0 bridgehead atoms. The Balaban J connectivity index is 1.41. The zero-order valence-electron chi connectivity index (χ0n) is 17.3. The van der Waals surface area contributed by atoms with Crippen LogP contribution in [0.3, 0.4) is 0 Å². The number of hydrogen-bond donors (Lipinski definition) is 2. The number of aromatic amines is 1. The summed E-state index contributed by atoms with van der Waals surface area (Å²) in [5.41, 5.74) is 4.34. The molecule has 1 fully saturated rings. The van der Waals surface area contributed by atoms with Crippen molar-refractivity contribution in [2.45, 2.75) is 20.3 Å². The quantitative estimate of drug-likeness (QED) is 0.608. The Morgan fingerprint density at radius 3 is 2.66 bits per heavy atom. The van der Waals surface area contributed by atoms with Crippen LogP contribution in [0.25, 0.3) is 10.9 Å². The molecule has 2 N–H and O–H groups in total. The minimum Gasteiger partial charge on any atom is -0.492 e. The molecular formula is C24H30N3O2+. The molecule has 1 saturated heterocycles. The SMILES string of the molecule is CCOc1ccccc1N1CC[NH+](CC(=O)c2c[nH]c3c(CC)cccc23)CC1. The topological polar surface area (TPSA) is 49.8 Å². The van der Waals surface area contributed by atoms with Crippen molar-refractivity contribution in [1.29, 1.82) is 0 Å². The molecule has 0 radical (unpaired) electrons. The number of benzene rings is 2. The zero-order valence-corrected chi connectivity index (χ0v) is 17.3.